The number of esters is 1. The molecular weight excluding hydrogens is 834 g/mol. The number of hydrogen-bond donors (Lipinski definition) is 7. The summed E-state index contributed by atoms with van der Waals surface area (Å²) >= 11 is 0. The van der Waals surface area contributed by atoms with Crippen molar-refractivity contribution in [2.45, 2.75) is 150 Å². The molecule has 58 heavy (non-hydrogen) atoms. The maximum Gasteiger partial charge on any atom is 1.00 e. The van der Waals surface area contributed by atoms with Gasteiger partial charge < -0.3 is 68.5 Å². The fourth-order valence-electron chi connectivity index (χ4n) is 11.5. The van der Waals surface area contributed by atoms with Gasteiger partial charge in [0.2, 0.25) is 0 Å². The van der Waals surface area contributed by atoms with Crippen molar-refractivity contribution in [3.63, 3.8) is 0 Å². The topological polar surface area (TPSA) is 319 Å². The minimum absolute atomic E-state index is 0. The second-order valence-electron chi connectivity index (χ2n) is 17.2. The molecule has 6 fully saturated rings. The van der Waals surface area contributed by atoms with Gasteiger partial charge in [-0.15, -0.1) is 0 Å². The van der Waals surface area contributed by atoms with E-state index in [0.29, 0.717) is 51.4 Å². The fourth-order valence-corrected chi connectivity index (χ4v) is 13.4. The van der Waals surface area contributed by atoms with E-state index < -0.39 is 135 Å². The van der Waals surface area contributed by atoms with Crippen LogP contribution in [0.1, 0.15) is 78.1 Å². The van der Waals surface area contributed by atoms with Gasteiger partial charge in [0.15, 0.2) is 12.6 Å². The molecule has 2 saturated heterocycles. The molecule has 0 aromatic carbocycles. The Morgan fingerprint density at radius 3 is 1.98 bits per heavy atom. The molecule has 0 amide bonds. The summed E-state index contributed by atoms with van der Waals surface area (Å²) in [5, 5.41) is 73.0. The molecule has 23 heteroatoms. The van der Waals surface area contributed by atoms with Crippen molar-refractivity contribution in [3.05, 3.63) is 12.2 Å². The molecule has 4 aliphatic carbocycles. The molecular formula is C35H54Na2O19S2. The molecule has 6 aliphatic rings. The average molecular weight is 889 g/mol. The fraction of sp³-hybridized carbons (Fsp3) is 0.914. The first-order valence-corrected chi connectivity index (χ1v) is 21.9. The van der Waals surface area contributed by atoms with Gasteiger partial charge in [0, 0.05) is 6.42 Å². The number of carbonyl (C=O) groups is 1. The van der Waals surface area contributed by atoms with E-state index in [1.165, 1.54) is 0 Å². The van der Waals surface area contributed by atoms with Gasteiger partial charge in [-0.25, -0.2) is 16.8 Å². The first-order valence-electron chi connectivity index (χ1n) is 19.0. The van der Waals surface area contributed by atoms with Crippen LogP contribution in [0, 0.1) is 28.1 Å². The SMILES string of the molecule is C=C1C[C@@]23CC[C@H]4[C@@](C)(CCC[C@@]4(C)C(=O)OCCC(S(=O)(=O)[O-])S(=O)(=O)[O-])[C@@H]2CC[C@]1(O[C@H]1O[C@H](CO)[C@@H](O)[C@H](O)[C@H]1O[C@@H]1O[C@H](CO)[C@@H](O)[C@H](O)[C@H]1O)C3.[Na+].[Na+]. The summed E-state index contributed by atoms with van der Waals surface area (Å²) in [5.74, 6) is -0.807. The van der Waals surface area contributed by atoms with Crippen LogP contribution in [0.15, 0.2) is 12.2 Å². The molecule has 19 nitrogen and oxygen atoms in total. The van der Waals surface area contributed by atoms with Crippen LogP contribution in [0.2, 0.25) is 0 Å². The Bertz CT molecular complexity index is 1690. The van der Waals surface area contributed by atoms with Crippen molar-refractivity contribution in [2.24, 2.45) is 28.1 Å². The Balaban J connectivity index is 0.00000372. The minimum atomic E-state index is -5.51. The molecule has 6 rings (SSSR count). The van der Waals surface area contributed by atoms with Gasteiger partial charge in [-0.2, -0.15) is 0 Å². The van der Waals surface area contributed by atoms with E-state index in [4.69, 9.17) is 23.7 Å². The zero-order valence-electron chi connectivity index (χ0n) is 33.3. The van der Waals surface area contributed by atoms with Crippen LogP contribution in [0.4, 0.5) is 0 Å². The maximum atomic E-state index is 13.7. The zero-order chi connectivity index (χ0) is 41.4. The first kappa shape index (κ1) is 51.2. The van der Waals surface area contributed by atoms with Gasteiger partial charge in [0.1, 0.15) is 73.6 Å². The number of hydrogen-bond acceptors (Lipinski definition) is 19. The van der Waals surface area contributed by atoms with Crippen LogP contribution in [0.5, 0.6) is 0 Å². The summed E-state index contributed by atoms with van der Waals surface area (Å²) in [7, 11) is -11.0. The standard InChI is InChI=1S/C35H56O19S2.2Na/c1-17-13-34-10-5-20-32(2,8-4-9-33(20,3)31(43)50-12-7-22(55(44,45)46)56(47,48)49)21(34)6-11-35(17,16-34)54-30-28(26(41)24(39)19(15-37)52-30)53-29-27(42)25(40)23(38)18(14-36)51-29;;/h18-30,36-42H,1,4-16H2,2-3H3,(H,44,45,46)(H,47,48,49);;/q;2*+1/p-2/t18-,19-,20+,21+,23-,24-,25+,26+,27-,28-,29+,30-,32-,33-,34-,35+;;/m1../s1. The van der Waals surface area contributed by atoms with Crippen molar-refractivity contribution in [1.82, 2.24) is 0 Å². The van der Waals surface area contributed by atoms with Crippen LogP contribution in [0.3, 0.4) is 0 Å². The normalized spacial score (nSPS) is 45.3. The molecule has 2 heterocycles. The molecule has 7 N–H and O–H groups in total. The molecule has 4 saturated carbocycles. The third-order valence-electron chi connectivity index (χ3n) is 14.1. The Labute approximate surface area is 382 Å². The third kappa shape index (κ3) is 9.10. The molecule has 16 atom stereocenters. The Morgan fingerprint density at radius 2 is 1.40 bits per heavy atom. The van der Waals surface area contributed by atoms with E-state index in [0.717, 1.165) is 12.0 Å². The van der Waals surface area contributed by atoms with Crippen LogP contribution in [-0.4, -0.2) is 159 Å². The third-order valence-corrected chi connectivity index (χ3v) is 17.3. The largest absolute Gasteiger partial charge is 1.00 e. The van der Waals surface area contributed by atoms with E-state index >= 15 is 0 Å². The molecule has 322 valence electrons. The Kier molecular flexibility index (Phi) is 16.4. The van der Waals surface area contributed by atoms with Gasteiger partial charge >= 0.3 is 65.1 Å². The second-order valence-corrected chi connectivity index (χ2v) is 20.6. The molecule has 0 unspecified atom stereocenters. The summed E-state index contributed by atoms with van der Waals surface area (Å²) in [6.07, 6.45) is -11.9. The number of fused-ring (bicyclic) bond motifs is 3. The van der Waals surface area contributed by atoms with Crippen LogP contribution >= 0.6 is 0 Å². The van der Waals surface area contributed by atoms with Gasteiger partial charge in [-0.1, -0.05) is 19.9 Å². The summed E-state index contributed by atoms with van der Waals surface area (Å²) < 4.78 is 95.4. The number of carbonyl (C=O) groups excluding carboxylic acids is 1. The predicted molar refractivity (Wildman–Crippen MR) is 185 cm³/mol. The number of ether oxygens (including phenoxy) is 5. The number of rotatable bonds is 12. The summed E-state index contributed by atoms with van der Waals surface area (Å²) in [4.78, 5) is 13.7. The Hall–Kier alpha value is 0.590. The molecule has 1 spiro atoms. The number of aliphatic hydroxyl groups is 7. The summed E-state index contributed by atoms with van der Waals surface area (Å²) in [6.45, 7) is 6.16. The molecule has 0 radical (unpaired) electrons. The number of aliphatic hydroxyl groups excluding tert-OH is 7. The van der Waals surface area contributed by atoms with Gasteiger partial charge in [-0.05, 0) is 86.5 Å². The Morgan fingerprint density at radius 1 is 0.828 bits per heavy atom. The van der Waals surface area contributed by atoms with Crippen molar-refractivity contribution in [1.29, 1.82) is 0 Å². The summed E-state index contributed by atoms with van der Waals surface area (Å²) in [5.41, 5.74) is -2.08. The first-order chi connectivity index (χ1) is 26.0. The smallest absolute Gasteiger partial charge is 0.747 e. The van der Waals surface area contributed by atoms with Crippen molar-refractivity contribution in [2.75, 3.05) is 19.8 Å². The minimum Gasteiger partial charge on any atom is -0.747 e. The van der Waals surface area contributed by atoms with Crippen molar-refractivity contribution < 1.29 is 149 Å². The molecule has 0 aromatic heterocycles. The molecule has 2 bridgehead atoms. The quantitative estimate of drug-likeness (QED) is 0.0315. The van der Waals surface area contributed by atoms with Crippen LogP contribution in [-0.2, 0) is 48.7 Å². The van der Waals surface area contributed by atoms with Crippen LogP contribution in [0.25, 0.3) is 0 Å². The van der Waals surface area contributed by atoms with E-state index in [2.05, 4.69) is 13.5 Å². The average Bonchev–Trinajstić information content (AvgIpc) is 3.31. The van der Waals surface area contributed by atoms with Crippen LogP contribution < -0.4 is 59.1 Å². The zero-order valence-corrected chi connectivity index (χ0v) is 38.9. The van der Waals surface area contributed by atoms with E-state index in [1.54, 1.807) is 6.92 Å². The van der Waals surface area contributed by atoms with E-state index in [9.17, 15) is 66.5 Å². The second kappa shape index (κ2) is 18.6. The predicted octanol–water partition coefficient (Wildman–Crippen LogP) is -7.92. The monoisotopic (exact) mass is 888 g/mol. The van der Waals surface area contributed by atoms with E-state index in [1.807, 2.05) is 0 Å². The molecule has 0 aromatic rings. The van der Waals surface area contributed by atoms with Crippen molar-refractivity contribution >= 4 is 26.2 Å². The summed E-state index contributed by atoms with van der Waals surface area (Å²) in [6, 6.07) is 0. The molecule has 2 aliphatic heterocycles. The van der Waals surface area contributed by atoms with Crippen molar-refractivity contribution in [3.8, 4) is 0 Å². The van der Waals surface area contributed by atoms with Gasteiger partial charge in [0.25, 0.3) is 0 Å². The van der Waals surface area contributed by atoms with Gasteiger partial charge in [0.05, 0.1) is 30.8 Å². The van der Waals surface area contributed by atoms with E-state index in [-0.39, 0.29) is 76.4 Å². The van der Waals surface area contributed by atoms with Gasteiger partial charge in [-0.3, -0.25) is 4.79 Å². The maximum absolute atomic E-state index is 13.7.